The lowest BCUT2D eigenvalue weighted by atomic mass is 10.3. The first-order valence-corrected chi connectivity index (χ1v) is 5.63. The molecular formula is C10H15NO3S. The number of aromatic nitrogens is 1. The molecule has 1 atom stereocenters. The van der Waals surface area contributed by atoms with Gasteiger partial charge in [-0.25, -0.2) is 9.78 Å². The number of aryl methyl sites for hydroxylation is 1. The van der Waals surface area contributed by atoms with Gasteiger partial charge in [0.15, 0.2) is 5.69 Å². The summed E-state index contributed by atoms with van der Waals surface area (Å²) in [6, 6.07) is 0. The summed E-state index contributed by atoms with van der Waals surface area (Å²) >= 11 is 1.44. The molecule has 0 saturated heterocycles. The summed E-state index contributed by atoms with van der Waals surface area (Å²) in [5.41, 5.74) is 0.391. The van der Waals surface area contributed by atoms with Gasteiger partial charge in [-0.2, -0.15) is 0 Å². The highest BCUT2D eigenvalue weighted by atomic mass is 32.1. The molecule has 1 heterocycles. The van der Waals surface area contributed by atoms with E-state index in [0.29, 0.717) is 18.7 Å². The van der Waals surface area contributed by atoms with Crippen molar-refractivity contribution in [1.29, 1.82) is 0 Å². The lowest BCUT2D eigenvalue weighted by Gasteiger charge is -2.08. The van der Waals surface area contributed by atoms with Gasteiger partial charge in [0.2, 0.25) is 0 Å². The number of hydrogen-bond donors (Lipinski definition) is 0. The first kappa shape index (κ1) is 12.1. The van der Waals surface area contributed by atoms with E-state index >= 15 is 0 Å². The maximum atomic E-state index is 11.4. The van der Waals surface area contributed by atoms with Crippen LogP contribution in [0.4, 0.5) is 0 Å². The topological polar surface area (TPSA) is 48.4 Å². The molecule has 0 bridgehead atoms. The molecular weight excluding hydrogens is 214 g/mol. The van der Waals surface area contributed by atoms with Gasteiger partial charge in [-0.1, -0.05) is 0 Å². The van der Waals surface area contributed by atoms with E-state index in [1.54, 1.807) is 12.5 Å². The van der Waals surface area contributed by atoms with Gasteiger partial charge in [-0.05, 0) is 13.8 Å². The van der Waals surface area contributed by atoms with E-state index in [9.17, 15) is 4.79 Å². The van der Waals surface area contributed by atoms with Crippen LogP contribution >= 0.6 is 11.3 Å². The number of nitrogens with zero attached hydrogens (tertiary/aromatic N) is 1. The Kier molecular flexibility index (Phi) is 4.71. The van der Waals surface area contributed by atoms with Gasteiger partial charge in [0.25, 0.3) is 0 Å². The molecule has 1 aromatic heterocycles. The SMILES string of the molecule is CO[C@@H](C)CCOC(=O)c1csc(C)n1. The molecule has 84 valence electrons. The summed E-state index contributed by atoms with van der Waals surface area (Å²) in [5.74, 6) is -0.359. The molecule has 15 heavy (non-hydrogen) atoms. The van der Waals surface area contributed by atoms with Gasteiger partial charge >= 0.3 is 5.97 Å². The molecule has 0 amide bonds. The van der Waals surface area contributed by atoms with E-state index in [-0.39, 0.29) is 12.1 Å². The van der Waals surface area contributed by atoms with Crippen LogP contribution in [-0.2, 0) is 9.47 Å². The summed E-state index contributed by atoms with van der Waals surface area (Å²) in [6.45, 7) is 4.15. The molecule has 5 heteroatoms. The smallest absolute Gasteiger partial charge is 0.357 e. The van der Waals surface area contributed by atoms with Crippen LogP contribution < -0.4 is 0 Å². The van der Waals surface area contributed by atoms with Crippen LogP contribution in [0.3, 0.4) is 0 Å². The standard InChI is InChI=1S/C10H15NO3S/c1-7(13-3)4-5-14-10(12)9-6-15-8(2)11-9/h6-7H,4-5H2,1-3H3/t7-/m0/s1. The fourth-order valence-corrected chi connectivity index (χ4v) is 1.55. The normalized spacial score (nSPS) is 12.5. The molecule has 0 N–H and O–H groups in total. The number of hydrogen-bond acceptors (Lipinski definition) is 5. The monoisotopic (exact) mass is 229 g/mol. The molecule has 0 spiro atoms. The molecule has 0 aromatic carbocycles. The zero-order valence-electron chi connectivity index (χ0n) is 9.15. The molecule has 0 aliphatic heterocycles. The van der Waals surface area contributed by atoms with E-state index in [1.807, 2.05) is 13.8 Å². The van der Waals surface area contributed by atoms with Gasteiger partial charge in [0, 0.05) is 18.9 Å². The first-order chi connectivity index (χ1) is 7.13. The van der Waals surface area contributed by atoms with Crippen LogP contribution in [0.15, 0.2) is 5.38 Å². The molecule has 0 aliphatic rings. The quantitative estimate of drug-likeness (QED) is 0.725. The minimum absolute atomic E-state index is 0.106. The van der Waals surface area contributed by atoms with Crippen molar-refractivity contribution in [3.63, 3.8) is 0 Å². The predicted octanol–water partition coefficient (Wildman–Crippen LogP) is 2.03. The number of rotatable bonds is 5. The van der Waals surface area contributed by atoms with Crippen molar-refractivity contribution >= 4 is 17.3 Å². The van der Waals surface area contributed by atoms with Crippen molar-refractivity contribution in [3.8, 4) is 0 Å². The van der Waals surface area contributed by atoms with Crippen LogP contribution in [0.1, 0.15) is 28.8 Å². The number of methoxy groups -OCH3 is 1. The zero-order chi connectivity index (χ0) is 11.3. The second kappa shape index (κ2) is 5.82. The first-order valence-electron chi connectivity index (χ1n) is 4.75. The summed E-state index contributed by atoms with van der Waals surface area (Å²) in [6.07, 6.45) is 0.806. The Hall–Kier alpha value is -0.940. The maximum absolute atomic E-state index is 11.4. The third kappa shape index (κ3) is 3.97. The Bertz CT molecular complexity index is 324. The minimum atomic E-state index is -0.359. The molecule has 4 nitrogen and oxygen atoms in total. The largest absolute Gasteiger partial charge is 0.461 e. The third-order valence-electron chi connectivity index (χ3n) is 1.99. The summed E-state index contributed by atoms with van der Waals surface area (Å²) in [4.78, 5) is 15.5. The Morgan fingerprint density at radius 3 is 2.93 bits per heavy atom. The van der Waals surface area contributed by atoms with Gasteiger partial charge in [-0.3, -0.25) is 0 Å². The molecule has 1 rings (SSSR count). The molecule has 0 saturated carbocycles. The lowest BCUT2D eigenvalue weighted by molar-refractivity contribution is 0.0385. The van der Waals surface area contributed by atoms with Crippen molar-refractivity contribution in [2.45, 2.75) is 26.4 Å². The lowest BCUT2D eigenvalue weighted by Crippen LogP contribution is -2.13. The molecule has 0 aliphatic carbocycles. The Labute approximate surface area is 93.2 Å². The highest BCUT2D eigenvalue weighted by molar-refractivity contribution is 7.09. The van der Waals surface area contributed by atoms with Crippen LogP contribution in [0, 0.1) is 6.92 Å². The van der Waals surface area contributed by atoms with Gasteiger partial charge in [0.05, 0.1) is 17.7 Å². The highest BCUT2D eigenvalue weighted by Crippen LogP contribution is 2.09. The zero-order valence-corrected chi connectivity index (χ0v) is 9.97. The van der Waals surface area contributed by atoms with Crippen LogP contribution in [0.25, 0.3) is 0 Å². The second-order valence-electron chi connectivity index (χ2n) is 3.22. The van der Waals surface area contributed by atoms with Gasteiger partial charge in [-0.15, -0.1) is 11.3 Å². The number of thiazole rings is 1. The number of esters is 1. The average Bonchev–Trinajstić information content (AvgIpc) is 2.64. The minimum Gasteiger partial charge on any atom is -0.461 e. The second-order valence-corrected chi connectivity index (χ2v) is 4.28. The van der Waals surface area contributed by atoms with Crippen LogP contribution in [0.5, 0.6) is 0 Å². The van der Waals surface area contributed by atoms with Crippen molar-refractivity contribution in [3.05, 3.63) is 16.1 Å². The summed E-state index contributed by atoms with van der Waals surface area (Å²) in [5, 5.41) is 2.57. The number of carbonyl (C=O) groups excluding carboxylic acids is 1. The third-order valence-corrected chi connectivity index (χ3v) is 2.76. The molecule has 1 aromatic rings. The van der Waals surface area contributed by atoms with Crippen molar-refractivity contribution in [2.24, 2.45) is 0 Å². The maximum Gasteiger partial charge on any atom is 0.357 e. The number of carbonyl (C=O) groups is 1. The van der Waals surface area contributed by atoms with Crippen molar-refractivity contribution in [2.75, 3.05) is 13.7 Å². The highest BCUT2D eigenvalue weighted by Gasteiger charge is 2.11. The fourth-order valence-electron chi connectivity index (χ4n) is 0.967. The van der Waals surface area contributed by atoms with Gasteiger partial charge < -0.3 is 9.47 Å². The van der Waals surface area contributed by atoms with Crippen molar-refractivity contribution < 1.29 is 14.3 Å². The summed E-state index contributed by atoms with van der Waals surface area (Å²) in [7, 11) is 1.64. The van der Waals surface area contributed by atoms with E-state index in [2.05, 4.69) is 4.98 Å². The Morgan fingerprint density at radius 1 is 1.67 bits per heavy atom. The average molecular weight is 229 g/mol. The Balaban J connectivity index is 2.31. The van der Waals surface area contributed by atoms with E-state index < -0.39 is 0 Å². The van der Waals surface area contributed by atoms with E-state index in [0.717, 1.165) is 5.01 Å². The molecule has 0 radical (unpaired) electrons. The van der Waals surface area contributed by atoms with Gasteiger partial charge in [0.1, 0.15) is 0 Å². The van der Waals surface area contributed by atoms with Crippen LogP contribution in [0.2, 0.25) is 0 Å². The van der Waals surface area contributed by atoms with Crippen molar-refractivity contribution in [1.82, 2.24) is 4.98 Å². The van der Waals surface area contributed by atoms with E-state index in [4.69, 9.17) is 9.47 Å². The summed E-state index contributed by atoms with van der Waals surface area (Å²) < 4.78 is 10.1. The Morgan fingerprint density at radius 2 is 2.40 bits per heavy atom. The fraction of sp³-hybridized carbons (Fsp3) is 0.600. The molecule has 0 unspecified atom stereocenters. The van der Waals surface area contributed by atoms with Crippen LogP contribution in [-0.4, -0.2) is 30.8 Å². The predicted molar refractivity (Wildman–Crippen MR) is 58.2 cm³/mol. The van der Waals surface area contributed by atoms with E-state index in [1.165, 1.54) is 11.3 Å². The number of ether oxygens (including phenoxy) is 2. The molecule has 0 fully saturated rings.